The van der Waals surface area contributed by atoms with E-state index in [4.69, 9.17) is 4.74 Å². The Kier molecular flexibility index (Phi) is 4.64. The zero-order valence-electron chi connectivity index (χ0n) is 18.7. The van der Waals surface area contributed by atoms with Gasteiger partial charge >= 0.3 is 0 Å². The summed E-state index contributed by atoms with van der Waals surface area (Å²) in [5.41, 5.74) is -1.38. The van der Waals surface area contributed by atoms with Crippen LogP contribution in [0.5, 0.6) is 5.75 Å². The van der Waals surface area contributed by atoms with Crippen molar-refractivity contribution in [2.24, 2.45) is 28.6 Å². The predicted molar refractivity (Wildman–Crippen MR) is 116 cm³/mol. The molecule has 0 spiro atoms. The second-order valence-electron chi connectivity index (χ2n) is 11.3. The predicted octanol–water partition coefficient (Wildman–Crippen LogP) is 4.40. The maximum absolute atomic E-state index is 12.3. The van der Waals surface area contributed by atoms with E-state index in [2.05, 4.69) is 13.8 Å². The highest BCUT2D eigenvalue weighted by molar-refractivity contribution is 5.37. The average molecular weight is 415 g/mol. The first-order chi connectivity index (χ1) is 14.2. The van der Waals surface area contributed by atoms with Crippen LogP contribution < -0.4 is 4.74 Å². The zero-order valence-corrected chi connectivity index (χ0v) is 18.7. The van der Waals surface area contributed by atoms with E-state index in [0.717, 1.165) is 56.3 Å². The largest absolute Gasteiger partial charge is 0.497 e. The summed E-state index contributed by atoms with van der Waals surface area (Å²) < 4.78 is 5.43. The van der Waals surface area contributed by atoms with Crippen LogP contribution in [0.3, 0.4) is 0 Å². The van der Waals surface area contributed by atoms with E-state index >= 15 is 0 Å². The fourth-order valence-electron chi connectivity index (χ4n) is 8.56. The fraction of sp³-hybridized carbons (Fsp3) is 0.769. The van der Waals surface area contributed by atoms with Gasteiger partial charge in [0.25, 0.3) is 0 Å². The molecule has 4 aliphatic carbocycles. The molecule has 4 fully saturated rings. The normalized spacial score (nSPS) is 50.3. The first-order valence-corrected chi connectivity index (χ1v) is 12.0. The Morgan fingerprint density at radius 3 is 2.50 bits per heavy atom. The molecule has 0 aromatic heterocycles. The van der Waals surface area contributed by atoms with Crippen LogP contribution in [0.15, 0.2) is 24.3 Å². The average Bonchev–Trinajstić information content (AvgIpc) is 2.96. The first-order valence-electron chi connectivity index (χ1n) is 12.0. The van der Waals surface area contributed by atoms with Gasteiger partial charge in [-0.15, -0.1) is 0 Å². The molecule has 0 bridgehead atoms. The molecule has 4 heteroatoms. The van der Waals surface area contributed by atoms with Crippen LogP contribution in [0.1, 0.15) is 77.2 Å². The molecule has 0 aliphatic heterocycles. The van der Waals surface area contributed by atoms with E-state index in [9.17, 15) is 15.3 Å². The lowest BCUT2D eigenvalue weighted by Gasteiger charge is -2.64. The molecule has 1 aromatic carbocycles. The number of ether oxygens (including phenoxy) is 1. The number of methoxy groups -OCH3 is 1. The number of fused-ring (bicyclic) bond motifs is 5. The maximum Gasteiger partial charge on any atom is 0.119 e. The molecule has 0 heterocycles. The first kappa shape index (κ1) is 20.8. The summed E-state index contributed by atoms with van der Waals surface area (Å²) in [5, 5.41) is 34.6. The van der Waals surface area contributed by atoms with Crippen LogP contribution in [-0.4, -0.2) is 34.1 Å². The van der Waals surface area contributed by atoms with E-state index in [0.29, 0.717) is 24.7 Å². The number of aliphatic hydroxyl groups excluding tert-OH is 1. The minimum Gasteiger partial charge on any atom is -0.497 e. The third kappa shape index (κ3) is 2.50. The van der Waals surface area contributed by atoms with E-state index in [1.807, 2.05) is 24.3 Å². The fourth-order valence-corrected chi connectivity index (χ4v) is 8.56. The summed E-state index contributed by atoms with van der Waals surface area (Å²) in [4.78, 5) is 0. The summed E-state index contributed by atoms with van der Waals surface area (Å²) in [6, 6.07) is 7.79. The number of benzene rings is 1. The van der Waals surface area contributed by atoms with Crippen molar-refractivity contribution in [1.82, 2.24) is 0 Å². The van der Waals surface area contributed by atoms with Crippen molar-refractivity contribution in [1.29, 1.82) is 0 Å². The number of hydrogen-bond acceptors (Lipinski definition) is 4. The van der Waals surface area contributed by atoms with Crippen molar-refractivity contribution < 1.29 is 20.1 Å². The Balaban J connectivity index is 1.52. The maximum atomic E-state index is 12.3. The third-order valence-electron chi connectivity index (χ3n) is 10.5. The van der Waals surface area contributed by atoms with Crippen molar-refractivity contribution in [2.45, 2.75) is 88.9 Å². The number of aliphatic hydroxyl groups is 3. The molecule has 0 amide bonds. The van der Waals surface area contributed by atoms with Gasteiger partial charge in [0, 0.05) is 5.41 Å². The van der Waals surface area contributed by atoms with Crippen LogP contribution >= 0.6 is 0 Å². The Morgan fingerprint density at radius 1 is 0.933 bits per heavy atom. The molecule has 0 saturated heterocycles. The highest BCUT2D eigenvalue weighted by atomic mass is 16.5. The van der Waals surface area contributed by atoms with Crippen LogP contribution in [0, 0.1) is 28.6 Å². The lowest BCUT2D eigenvalue weighted by Crippen LogP contribution is -2.64. The van der Waals surface area contributed by atoms with Crippen LogP contribution in [0.4, 0.5) is 0 Å². The van der Waals surface area contributed by atoms with E-state index < -0.39 is 16.6 Å². The lowest BCUT2D eigenvalue weighted by atomic mass is 9.43. The highest BCUT2D eigenvalue weighted by Crippen LogP contribution is 2.71. The molecule has 8 atom stereocenters. The van der Waals surface area contributed by atoms with Gasteiger partial charge in [0.2, 0.25) is 0 Å². The topological polar surface area (TPSA) is 69.9 Å². The highest BCUT2D eigenvalue weighted by Gasteiger charge is 2.72. The number of rotatable bonds is 2. The number of hydrogen-bond donors (Lipinski definition) is 3. The summed E-state index contributed by atoms with van der Waals surface area (Å²) in [5.74, 6) is 2.03. The van der Waals surface area contributed by atoms with Crippen molar-refractivity contribution >= 4 is 0 Å². The van der Waals surface area contributed by atoms with Gasteiger partial charge in [-0.2, -0.15) is 0 Å². The van der Waals surface area contributed by atoms with Gasteiger partial charge in [0.15, 0.2) is 0 Å². The second-order valence-corrected chi connectivity index (χ2v) is 11.3. The Morgan fingerprint density at radius 2 is 1.73 bits per heavy atom. The minimum atomic E-state index is -1.04. The molecule has 4 nitrogen and oxygen atoms in total. The second kappa shape index (κ2) is 6.70. The summed E-state index contributed by atoms with van der Waals surface area (Å²) >= 11 is 0. The molecule has 0 unspecified atom stereocenters. The van der Waals surface area contributed by atoms with Gasteiger partial charge < -0.3 is 20.1 Å². The molecule has 4 aliphatic rings. The Hall–Kier alpha value is -1.10. The summed E-state index contributed by atoms with van der Waals surface area (Å²) in [6.07, 6.45) is 7.96. The van der Waals surface area contributed by atoms with Gasteiger partial charge in [-0.25, -0.2) is 0 Å². The molecule has 166 valence electrons. The van der Waals surface area contributed by atoms with Crippen LogP contribution in [-0.2, 0) is 5.60 Å². The Labute approximate surface area is 180 Å². The van der Waals surface area contributed by atoms with Gasteiger partial charge in [0.05, 0.1) is 24.4 Å². The zero-order chi connectivity index (χ0) is 21.4. The quantitative estimate of drug-likeness (QED) is 0.671. The third-order valence-corrected chi connectivity index (χ3v) is 10.5. The van der Waals surface area contributed by atoms with Crippen molar-refractivity contribution in [3.8, 4) is 5.75 Å². The van der Waals surface area contributed by atoms with Crippen molar-refractivity contribution in [3.63, 3.8) is 0 Å². The molecule has 1 aromatic rings. The van der Waals surface area contributed by atoms with Gasteiger partial charge in [0.1, 0.15) is 5.75 Å². The van der Waals surface area contributed by atoms with Gasteiger partial charge in [-0.05, 0) is 98.7 Å². The molecule has 3 N–H and O–H groups in total. The van der Waals surface area contributed by atoms with E-state index in [-0.39, 0.29) is 17.4 Å². The summed E-state index contributed by atoms with van der Waals surface area (Å²) in [6.45, 7) is 4.56. The van der Waals surface area contributed by atoms with Crippen molar-refractivity contribution in [3.05, 3.63) is 29.8 Å². The van der Waals surface area contributed by atoms with Crippen LogP contribution in [0.2, 0.25) is 0 Å². The SMILES string of the molecule is COc1cccc([C@@]2(O)CC[C@]3(O)[C@@H]4CC[C@@H]5C[C@@H](O)CC[C@]5(C)[C@H]4CC[C@]23C)c1. The molecule has 4 saturated carbocycles. The molecule has 5 rings (SSSR count). The van der Waals surface area contributed by atoms with Gasteiger partial charge in [-0.1, -0.05) is 26.0 Å². The molecule has 30 heavy (non-hydrogen) atoms. The van der Waals surface area contributed by atoms with Crippen molar-refractivity contribution in [2.75, 3.05) is 7.11 Å². The molecular weight excluding hydrogens is 376 g/mol. The summed E-state index contributed by atoms with van der Waals surface area (Å²) in [7, 11) is 1.65. The minimum absolute atomic E-state index is 0.152. The standard InChI is InChI=1S/C26H38O4/c1-23-11-9-19(27)15-17(23)7-8-22-21(23)10-12-24(2)25(28,13-14-26(22,24)29)18-5-4-6-20(16-18)30-3/h4-6,16-17,19,21-22,27-29H,7-15H2,1-3H3/t17-,19+,21+,22-,23+,24-,25+,26+/m1/s1. The van der Waals surface area contributed by atoms with Gasteiger partial charge in [-0.3, -0.25) is 0 Å². The van der Waals surface area contributed by atoms with E-state index in [1.165, 1.54) is 0 Å². The molecule has 0 radical (unpaired) electrons. The molecular formula is C26H38O4. The van der Waals surface area contributed by atoms with Crippen LogP contribution in [0.25, 0.3) is 0 Å². The van der Waals surface area contributed by atoms with E-state index in [1.54, 1.807) is 7.11 Å². The lowest BCUT2D eigenvalue weighted by molar-refractivity contribution is -0.238. The smallest absolute Gasteiger partial charge is 0.119 e. The monoisotopic (exact) mass is 414 g/mol. The Bertz CT molecular complexity index is 825.